The first-order valence-corrected chi connectivity index (χ1v) is 4.76. The maximum absolute atomic E-state index is 11.1. The van der Waals surface area contributed by atoms with Gasteiger partial charge in [0.1, 0.15) is 7.85 Å². The van der Waals surface area contributed by atoms with E-state index in [0.29, 0.717) is 5.33 Å². The fourth-order valence-corrected chi connectivity index (χ4v) is 2.03. The van der Waals surface area contributed by atoms with Crippen LogP contribution >= 0.6 is 15.9 Å². The van der Waals surface area contributed by atoms with Crippen molar-refractivity contribution in [2.75, 3.05) is 5.33 Å². The number of cyclic esters (lactones) is 1. The van der Waals surface area contributed by atoms with Gasteiger partial charge in [-0.25, -0.2) is 0 Å². The Kier molecular flexibility index (Phi) is 2.76. The summed E-state index contributed by atoms with van der Waals surface area (Å²) in [5.41, 5.74) is 0. The Morgan fingerprint density at radius 2 is 2.45 bits per heavy atom. The van der Waals surface area contributed by atoms with Gasteiger partial charge in [-0.3, -0.25) is 4.79 Å². The molecule has 0 radical (unpaired) electrons. The summed E-state index contributed by atoms with van der Waals surface area (Å²) >= 11 is 3.29. The minimum Gasteiger partial charge on any atom is -0.432 e. The van der Waals surface area contributed by atoms with Crippen molar-refractivity contribution in [2.24, 2.45) is 11.8 Å². The van der Waals surface area contributed by atoms with Crippen molar-refractivity contribution >= 4 is 29.7 Å². The van der Waals surface area contributed by atoms with Crippen LogP contribution in [0.5, 0.6) is 0 Å². The van der Waals surface area contributed by atoms with Crippen LogP contribution in [-0.2, 0) is 9.53 Å². The average Bonchev–Trinajstić information content (AvgIpc) is 2.26. The van der Waals surface area contributed by atoms with Gasteiger partial charge in [0.15, 0.2) is 0 Å². The first kappa shape index (κ1) is 8.85. The average molecular weight is 217 g/mol. The molecule has 0 aromatic rings. The van der Waals surface area contributed by atoms with Crippen molar-refractivity contribution in [3.05, 3.63) is 11.7 Å². The fourth-order valence-electron chi connectivity index (χ4n) is 1.21. The summed E-state index contributed by atoms with van der Waals surface area (Å²) in [6.07, 6.45) is 0. The smallest absolute Gasteiger partial charge is 0.315 e. The summed E-state index contributed by atoms with van der Waals surface area (Å²) in [6, 6.07) is 0. The molecule has 1 saturated heterocycles. The van der Waals surface area contributed by atoms with Gasteiger partial charge in [-0.1, -0.05) is 28.8 Å². The number of carbonyl (C=O) groups excluding carboxylic acids is 1. The Morgan fingerprint density at radius 3 is 2.73 bits per heavy atom. The molecule has 1 rings (SSSR count). The Balaban J connectivity index is 2.79. The number of hydrogen-bond acceptors (Lipinski definition) is 2. The van der Waals surface area contributed by atoms with Crippen molar-refractivity contribution in [1.82, 2.24) is 0 Å². The highest BCUT2D eigenvalue weighted by atomic mass is 79.9. The number of carbonyl (C=O) groups is 1. The van der Waals surface area contributed by atoms with Crippen LogP contribution in [0.3, 0.4) is 0 Å². The van der Waals surface area contributed by atoms with Gasteiger partial charge >= 0.3 is 5.97 Å². The number of allylic oxidation sites excluding steroid dienone is 1. The second-order valence-corrected chi connectivity index (χ2v) is 3.31. The number of hydrogen-bond donors (Lipinski definition) is 0. The number of esters is 1. The van der Waals surface area contributed by atoms with Gasteiger partial charge < -0.3 is 4.74 Å². The topological polar surface area (TPSA) is 26.3 Å². The molecule has 2 nitrogen and oxygen atoms in total. The first-order chi connectivity index (χ1) is 5.20. The van der Waals surface area contributed by atoms with Gasteiger partial charge in [-0.05, 0) is 0 Å². The molecule has 1 fully saturated rings. The molecule has 0 N–H and O–H groups in total. The molecule has 1 heterocycles. The molecule has 11 heavy (non-hydrogen) atoms. The van der Waals surface area contributed by atoms with E-state index in [9.17, 15) is 4.79 Å². The number of halogens is 1. The molecule has 4 heteroatoms. The standard InChI is InChI=1S/C7H10BBrO2/c1-4-5(3-9)7(10)11-6(4)2-8/h2,4-5H,3,8H2,1H3/b6-2-. The summed E-state index contributed by atoms with van der Waals surface area (Å²) in [5.74, 6) is 2.78. The second kappa shape index (κ2) is 3.43. The van der Waals surface area contributed by atoms with Gasteiger partial charge in [0.05, 0.1) is 11.7 Å². The third-order valence-corrected chi connectivity index (χ3v) is 2.72. The molecule has 1 aliphatic heterocycles. The first-order valence-electron chi connectivity index (χ1n) is 3.64. The molecule has 0 spiro atoms. The number of ether oxygens (including phenoxy) is 1. The Labute approximate surface area is 75.5 Å². The predicted octanol–water partition coefficient (Wildman–Crippen LogP) is 0.665. The molecule has 0 aromatic heterocycles. The minimum absolute atomic E-state index is 0.00111. The number of rotatable bonds is 1. The van der Waals surface area contributed by atoms with E-state index in [1.807, 2.05) is 20.7 Å². The Morgan fingerprint density at radius 1 is 1.82 bits per heavy atom. The van der Waals surface area contributed by atoms with Crippen molar-refractivity contribution in [3.8, 4) is 0 Å². The molecule has 1 aliphatic rings. The van der Waals surface area contributed by atoms with E-state index in [2.05, 4.69) is 15.9 Å². The van der Waals surface area contributed by atoms with Gasteiger partial charge in [0, 0.05) is 11.2 Å². The third kappa shape index (κ3) is 1.50. The van der Waals surface area contributed by atoms with Crippen LogP contribution < -0.4 is 0 Å². The van der Waals surface area contributed by atoms with E-state index >= 15 is 0 Å². The lowest BCUT2D eigenvalue weighted by Gasteiger charge is -2.04. The Bertz CT molecular complexity index is 203. The maximum Gasteiger partial charge on any atom is 0.315 e. The van der Waals surface area contributed by atoms with Gasteiger partial charge in [0.25, 0.3) is 0 Å². The quantitative estimate of drug-likeness (QED) is 0.366. The minimum atomic E-state index is -0.109. The molecule has 60 valence electrons. The SMILES string of the molecule is B/C=C1\OC(=O)C(CBr)C1C. The lowest BCUT2D eigenvalue weighted by molar-refractivity contribution is -0.138. The molecule has 0 saturated carbocycles. The lowest BCUT2D eigenvalue weighted by atomic mass is 9.94. The zero-order chi connectivity index (χ0) is 8.43. The highest BCUT2D eigenvalue weighted by Gasteiger charge is 2.36. The molecular weight excluding hydrogens is 207 g/mol. The van der Waals surface area contributed by atoms with Crippen molar-refractivity contribution in [3.63, 3.8) is 0 Å². The van der Waals surface area contributed by atoms with E-state index in [4.69, 9.17) is 4.74 Å². The zero-order valence-electron chi connectivity index (χ0n) is 6.63. The van der Waals surface area contributed by atoms with Crippen molar-refractivity contribution < 1.29 is 9.53 Å². The van der Waals surface area contributed by atoms with E-state index in [1.165, 1.54) is 0 Å². The van der Waals surface area contributed by atoms with E-state index in [0.717, 1.165) is 5.76 Å². The maximum atomic E-state index is 11.1. The molecule has 0 aliphatic carbocycles. The summed E-state index contributed by atoms with van der Waals surface area (Å²) in [6.45, 7) is 2.01. The Hall–Kier alpha value is -0.245. The van der Waals surface area contributed by atoms with Gasteiger partial charge in [-0.2, -0.15) is 0 Å². The van der Waals surface area contributed by atoms with Crippen LogP contribution in [0.15, 0.2) is 11.7 Å². The van der Waals surface area contributed by atoms with Crippen LogP contribution in [0, 0.1) is 11.8 Å². The van der Waals surface area contributed by atoms with E-state index in [1.54, 1.807) is 0 Å². The summed E-state index contributed by atoms with van der Waals surface area (Å²) < 4.78 is 5.02. The van der Waals surface area contributed by atoms with Crippen LogP contribution in [0.4, 0.5) is 0 Å². The van der Waals surface area contributed by atoms with Crippen molar-refractivity contribution in [1.29, 1.82) is 0 Å². The van der Waals surface area contributed by atoms with Gasteiger partial charge in [-0.15, -0.1) is 0 Å². The highest BCUT2D eigenvalue weighted by molar-refractivity contribution is 9.09. The molecule has 0 bridgehead atoms. The molecule has 2 atom stereocenters. The van der Waals surface area contributed by atoms with Crippen LogP contribution in [-0.4, -0.2) is 19.1 Å². The molecule has 0 amide bonds. The van der Waals surface area contributed by atoms with Crippen LogP contribution in [0.1, 0.15) is 6.92 Å². The fraction of sp³-hybridized carbons (Fsp3) is 0.571. The largest absolute Gasteiger partial charge is 0.432 e. The summed E-state index contributed by atoms with van der Waals surface area (Å²) in [5, 5.41) is 0.685. The third-order valence-electron chi connectivity index (χ3n) is 2.02. The summed E-state index contributed by atoms with van der Waals surface area (Å²) in [7, 11) is 1.88. The van der Waals surface area contributed by atoms with E-state index < -0.39 is 0 Å². The van der Waals surface area contributed by atoms with Crippen LogP contribution in [0.25, 0.3) is 0 Å². The molecular formula is C7H10BBrO2. The molecule has 0 aromatic carbocycles. The second-order valence-electron chi connectivity index (χ2n) is 2.66. The molecule has 2 unspecified atom stereocenters. The normalized spacial score (nSPS) is 34.4. The predicted molar refractivity (Wildman–Crippen MR) is 49.2 cm³/mol. The van der Waals surface area contributed by atoms with Crippen molar-refractivity contribution in [2.45, 2.75) is 6.92 Å². The monoisotopic (exact) mass is 216 g/mol. The lowest BCUT2D eigenvalue weighted by Crippen LogP contribution is -2.14. The summed E-state index contributed by atoms with van der Waals surface area (Å²) in [4.78, 5) is 11.1. The zero-order valence-corrected chi connectivity index (χ0v) is 8.22. The van der Waals surface area contributed by atoms with Crippen LogP contribution in [0.2, 0.25) is 0 Å². The highest BCUT2D eigenvalue weighted by Crippen LogP contribution is 2.31. The van der Waals surface area contributed by atoms with Gasteiger partial charge in [0.2, 0.25) is 0 Å². The van der Waals surface area contributed by atoms with E-state index in [-0.39, 0.29) is 17.8 Å². The number of alkyl halides is 1.